The molecule has 17 heavy (non-hydrogen) atoms. The summed E-state index contributed by atoms with van der Waals surface area (Å²) in [7, 11) is 0. The Bertz CT molecular complexity index is 565. The standard InChI is InChI=1S/C14H11NOS/c1-10(9-15)14(16)13-8-7-12(17-13)11-5-3-2-4-6-11/h2-8,14,16H,1H2. The van der Waals surface area contributed by atoms with Gasteiger partial charge in [0.05, 0.1) is 11.6 Å². The van der Waals surface area contributed by atoms with Gasteiger partial charge in [-0.2, -0.15) is 5.26 Å². The Kier molecular flexibility index (Phi) is 3.38. The molecule has 1 heterocycles. The van der Waals surface area contributed by atoms with E-state index in [0.717, 1.165) is 15.3 Å². The molecule has 84 valence electrons. The minimum atomic E-state index is -0.887. The number of nitrogens with zero attached hydrogens (tertiary/aromatic N) is 1. The fraction of sp³-hybridized carbons (Fsp3) is 0.0714. The Morgan fingerprint density at radius 3 is 2.59 bits per heavy atom. The number of benzene rings is 1. The monoisotopic (exact) mass is 241 g/mol. The Morgan fingerprint density at radius 1 is 1.24 bits per heavy atom. The van der Waals surface area contributed by atoms with Gasteiger partial charge in [0, 0.05) is 9.75 Å². The lowest BCUT2D eigenvalue weighted by molar-refractivity contribution is 0.225. The van der Waals surface area contributed by atoms with Crippen LogP contribution in [0.1, 0.15) is 11.0 Å². The zero-order valence-corrected chi connectivity index (χ0v) is 9.95. The molecular formula is C14H11NOS. The van der Waals surface area contributed by atoms with Crippen molar-refractivity contribution in [3.8, 4) is 16.5 Å². The zero-order chi connectivity index (χ0) is 12.3. The molecule has 0 aliphatic rings. The van der Waals surface area contributed by atoms with Gasteiger partial charge in [0.15, 0.2) is 0 Å². The summed E-state index contributed by atoms with van der Waals surface area (Å²) in [5.41, 5.74) is 1.28. The lowest BCUT2D eigenvalue weighted by Crippen LogP contribution is -1.95. The van der Waals surface area contributed by atoms with Crippen LogP contribution in [0.4, 0.5) is 0 Å². The first kappa shape index (κ1) is 11.6. The highest BCUT2D eigenvalue weighted by Crippen LogP contribution is 2.33. The number of aliphatic hydroxyl groups excluding tert-OH is 1. The average Bonchev–Trinajstić information content (AvgIpc) is 2.87. The molecule has 3 heteroatoms. The predicted octanol–water partition coefficient (Wildman–Crippen LogP) is 3.53. The minimum absolute atomic E-state index is 0.173. The summed E-state index contributed by atoms with van der Waals surface area (Å²) in [6.07, 6.45) is -0.887. The summed E-state index contributed by atoms with van der Waals surface area (Å²) in [5.74, 6) is 0. The normalized spacial score (nSPS) is 11.8. The van der Waals surface area contributed by atoms with Crippen LogP contribution in [0.25, 0.3) is 10.4 Å². The van der Waals surface area contributed by atoms with Gasteiger partial charge >= 0.3 is 0 Å². The van der Waals surface area contributed by atoms with Crippen molar-refractivity contribution in [1.29, 1.82) is 5.26 Å². The maximum Gasteiger partial charge on any atom is 0.122 e. The molecule has 2 aromatic rings. The maximum atomic E-state index is 9.84. The SMILES string of the molecule is C=C(C#N)C(O)c1ccc(-c2ccccc2)s1. The van der Waals surface area contributed by atoms with Gasteiger partial charge in [0.25, 0.3) is 0 Å². The molecule has 1 aromatic heterocycles. The first-order valence-corrected chi connectivity index (χ1v) is 5.96. The molecule has 0 fully saturated rings. The fourth-order valence-electron chi connectivity index (χ4n) is 1.49. The van der Waals surface area contributed by atoms with Gasteiger partial charge in [-0.1, -0.05) is 36.9 Å². The van der Waals surface area contributed by atoms with Crippen LogP contribution < -0.4 is 0 Å². The van der Waals surface area contributed by atoms with E-state index in [9.17, 15) is 5.11 Å². The van der Waals surface area contributed by atoms with Crippen molar-refractivity contribution in [3.63, 3.8) is 0 Å². The Morgan fingerprint density at radius 2 is 1.94 bits per heavy atom. The second-order valence-corrected chi connectivity index (χ2v) is 4.72. The number of aliphatic hydroxyl groups is 1. The maximum absolute atomic E-state index is 9.84. The first-order chi connectivity index (χ1) is 8.22. The van der Waals surface area contributed by atoms with E-state index in [4.69, 9.17) is 5.26 Å². The number of rotatable bonds is 3. The fourth-order valence-corrected chi connectivity index (χ4v) is 2.52. The Hall–Kier alpha value is -1.89. The van der Waals surface area contributed by atoms with Crippen LogP contribution >= 0.6 is 11.3 Å². The van der Waals surface area contributed by atoms with E-state index in [1.807, 2.05) is 48.5 Å². The molecule has 0 spiro atoms. The number of hydrogen-bond acceptors (Lipinski definition) is 3. The predicted molar refractivity (Wildman–Crippen MR) is 69.5 cm³/mol. The molecule has 0 saturated carbocycles. The summed E-state index contributed by atoms with van der Waals surface area (Å²) < 4.78 is 0. The van der Waals surface area contributed by atoms with Crippen LogP contribution in [0.2, 0.25) is 0 Å². The van der Waals surface area contributed by atoms with Crippen LogP contribution in [0, 0.1) is 11.3 Å². The molecule has 0 aliphatic carbocycles. The molecule has 1 atom stereocenters. The molecule has 2 nitrogen and oxygen atoms in total. The van der Waals surface area contributed by atoms with E-state index < -0.39 is 6.10 Å². The van der Waals surface area contributed by atoms with E-state index in [-0.39, 0.29) is 5.57 Å². The highest BCUT2D eigenvalue weighted by Gasteiger charge is 2.14. The van der Waals surface area contributed by atoms with Crippen molar-refractivity contribution in [2.45, 2.75) is 6.10 Å². The molecule has 1 unspecified atom stereocenters. The highest BCUT2D eigenvalue weighted by molar-refractivity contribution is 7.15. The second kappa shape index (κ2) is 4.96. The van der Waals surface area contributed by atoms with Gasteiger partial charge in [0.1, 0.15) is 6.10 Å². The van der Waals surface area contributed by atoms with Gasteiger partial charge in [-0.3, -0.25) is 0 Å². The van der Waals surface area contributed by atoms with Gasteiger partial charge < -0.3 is 5.11 Å². The van der Waals surface area contributed by atoms with Crippen molar-refractivity contribution in [2.24, 2.45) is 0 Å². The molecule has 0 radical (unpaired) electrons. The van der Waals surface area contributed by atoms with E-state index in [0.29, 0.717) is 0 Å². The summed E-state index contributed by atoms with van der Waals surface area (Å²) >= 11 is 1.48. The molecular weight excluding hydrogens is 230 g/mol. The summed E-state index contributed by atoms with van der Waals surface area (Å²) in [4.78, 5) is 1.82. The van der Waals surface area contributed by atoms with E-state index in [2.05, 4.69) is 6.58 Å². The second-order valence-electron chi connectivity index (χ2n) is 3.61. The number of hydrogen-bond donors (Lipinski definition) is 1. The topological polar surface area (TPSA) is 44.0 Å². The lowest BCUT2D eigenvalue weighted by Gasteiger charge is -2.04. The van der Waals surface area contributed by atoms with Crippen LogP contribution in [-0.2, 0) is 0 Å². The Labute approximate surface area is 104 Å². The van der Waals surface area contributed by atoms with Gasteiger partial charge in [-0.15, -0.1) is 11.3 Å². The molecule has 1 aromatic carbocycles. The van der Waals surface area contributed by atoms with Crippen molar-refractivity contribution in [3.05, 3.63) is 59.5 Å². The highest BCUT2D eigenvalue weighted by atomic mass is 32.1. The van der Waals surface area contributed by atoms with Crippen LogP contribution in [0.3, 0.4) is 0 Å². The third-order valence-electron chi connectivity index (χ3n) is 2.43. The van der Waals surface area contributed by atoms with Crippen molar-refractivity contribution in [2.75, 3.05) is 0 Å². The third kappa shape index (κ3) is 2.44. The number of thiophene rings is 1. The summed E-state index contributed by atoms with van der Waals surface area (Å²) in [6, 6.07) is 15.6. The zero-order valence-electron chi connectivity index (χ0n) is 9.13. The largest absolute Gasteiger partial charge is 0.382 e. The molecule has 0 amide bonds. The summed E-state index contributed by atoms with van der Waals surface area (Å²) in [6.45, 7) is 3.53. The van der Waals surface area contributed by atoms with Gasteiger partial charge in [0.2, 0.25) is 0 Å². The van der Waals surface area contributed by atoms with Crippen molar-refractivity contribution < 1.29 is 5.11 Å². The quantitative estimate of drug-likeness (QED) is 0.835. The molecule has 2 rings (SSSR count). The van der Waals surface area contributed by atoms with Crippen molar-refractivity contribution >= 4 is 11.3 Å². The molecule has 0 bridgehead atoms. The Balaban J connectivity index is 2.29. The van der Waals surface area contributed by atoms with Crippen LogP contribution in [0.5, 0.6) is 0 Å². The van der Waals surface area contributed by atoms with E-state index >= 15 is 0 Å². The number of nitriles is 1. The molecule has 0 aliphatic heterocycles. The van der Waals surface area contributed by atoms with E-state index in [1.165, 1.54) is 11.3 Å². The van der Waals surface area contributed by atoms with Crippen LogP contribution in [0.15, 0.2) is 54.6 Å². The third-order valence-corrected chi connectivity index (χ3v) is 3.62. The lowest BCUT2D eigenvalue weighted by atomic mass is 10.1. The summed E-state index contributed by atoms with van der Waals surface area (Å²) in [5, 5.41) is 18.5. The van der Waals surface area contributed by atoms with Crippen molar-refractivity contribution in [1.82, 2.24) is 0 Å². The van der Waals surface area contributed by atoms with Gasteiger partial charge in [-0.05, 0) is 17.7 Å². The first-order valence-electron chi connectivity index (χ1n) is 5.14. The smallest absolute Gasteiger partial charge is 0.122 e. The van der Waals surface area contributed by atoms with Gasteiger partial charge in [-0.25, -0.2) is 0 Å². The molecule has 1 N–H and O–H groups in total. The van der Waals surface area contributed by atoms with E-state index in [1.54, 1.807) is 0 Å². The average molecular weight is 241 g/mol. The van der Waals surface area contributed by atoms with Crippen LogP contribution in [-0.4, -0.2) is 5.11 Å². The molecule has 0 saturated heterocycles. The minimum Gasteiger partial charge on any atom is -0.382 e.